The molecular weight excluding hydrogens is 250 g/mol. The predicted molar refractivity (Wildman–Crippen MR) is 67.3 cm³/mol. The molecule has 1 saturated heterocycles. The smallest absolute Gasteiger partial charge is 0.417 e. The third-order valence-electron chi connectivity index (χ3n) is 2.89. The van der Waals surface area contributed by atoms with Crippen LogP contribution in [0.5, 0.6) is 0 Å². The maximum Gasteiger partial charge on any atom is 0.417 e. The van der Waals surface area contributed by atoms with Gasteiger partial charge in [0, 0.05) is 5.92 Å². The molecule has 1 aliphatic rings. The number of hydrogen-bond acceptors (Lipinski definition) is 5. The van der Waals surface area contributed by atoms with Crippen molar-refractivity contribution in [1.29, 1.82) is 0 Å². The first-order valence-corrected chi connectivity index (χ1v) is 6.31. The van der Waals surface area contributed by atoms with E-state index in [2.05, 4.69) is 4.74 Å². The zero-order chi connectivity index (χ0) is 14.8. The van der Waals surface area contributed by atoms with E-state index in [1.165, 1.54) is 7.11 Å². The molecule has 0 bridgehead atoms. The van der Waals surface area contributed by atoms with Crippen molar-refractivity contribution in [2.45, 2.75) is 52.2 Å². The molecule has 0 spiro atoms. The van der Waals surface area contributed by atoms with Gasteiger partial charge in [-0.3, -0.25) is 4.79 Å². The standard InChI is InChI=1S/C13H21NO5/c1-8-6-7-9(11(16)19-13(2,3)4)14(10(8)15)12(17)18-5/h8-9H,6-7H2,1-5H3/t8-,9+/m1/s1. The summed E-state index contributed by atoms with van der Waals surface area (Å²) in [7, 11) is 1.18. The van der Waals surface area contributed by atoms with Gasteiger partial charge in [-0.25, -0.2) is 14.5 Å². The van der Waals surface area contributed by atoms with Crippen molar-refractivity contribution in [3.8, 4) is 0 Å². The number of nitrogens with zero attached hydrogens (tertiary/aromatic N) is 1. The molecule has 0 unspecified atom stereocenters. The number of likely N-dealkylation sites (tertiary alicyclic amines) is 1. The largest absolute Gasteiger partial charge is 0.458 e. The molecule has 1 aliphatic heterocycles. The number of carbonyl (C=O) groups is 3. The zero-order valence-electron chi connectivity index (χ0n) is 12.1. The van der Waals surface area contributed by atoms with Crippen molar-refractivity contribution in [3.05, 3.63) is 0 Å². The molecule has 19 heavy (non-hydrogen) atoms. The van der Waals surface area contributed by atoms with Crippen LogP contribution in [-0.4, -0.2) is 41.6 Å². The van der Waals surface area contributed by atoms with Gasteiger partial charge in [0.25, 0.3) is 0 Å². The first-order valence-electron chi connectivity index (χ1n) is 6.31. The number of ether oxygens (including phenoxy) is 2. The van der Waals surface area contributed by atoms with Crippen molar-refractivity contribution in [2.24, 2.45) is 5.92 Å². The maximum atomic E-state index is 12.1. The van der Waals surface area contributed by atoms with Gasteiger partial charge >= 0.3 is 12.1 Å². The van der Waals surface area contributed by atoms with Gasteiger partial charge in [-0.15, -0.1) is 0 Å². The Balaban J connectivity index is 2.93. The molecule has 1 heterocycles. The summed E-state index contributed by atoms with van der Waals surface area (Å²) < 4.78 is 9.82. The van der Waals surface area contributed by atoms with E-state index in [4.69, 9.17) is 4.74 Å². The highest BCUT2D eigenvalue weighted by molar-refractivity contribution is 5.98. The van der Waals surface area contributed by atoms with Crippen LogP contribution in [0.2, 0.25) is 0 Å². The molecule has 0 saturated carbocycles. The maximum absolute atomic E-state index is 12.1. The molecule has 0 radical (unpaired) electrons. The van der Waals surface area contributed by atoms with E-state index in [1.54, 1.807) is 27.7 Å². The van der Waals surface area contributed by atoms with Crippen LogP contribution in [0.3, 0.4) is 0 Å². The summed E-state index contributed by atoms with van der Waals surface area (Å²) in [6.45, 7) is 6.94. The van der Waals surface area contributed by atoms with Crippen molar-refractivity contribution in [3.63, 3.8) is 0 Å². The Bertz CT molecular complexity index is 385. The minimum Gasteiger partial charge on any atom is -0.458 e. The van der Waals surface area contributed by atoms with E-state index in [-0.39, 0.29) is 5.92 Å². The van der Waals surface area contributed by atoms with Crippen molar-refractivity contribution in [1.82, 2.24) is 4.90 Å². The van der Waals surface area contributed by atoms with Crippen LogP contribution >= 0.6 is 0 Å². The highest BCUT2D eigenvalue weighted by Crippen LogP contribution is 2.25. The number of piperidine rings is 1. The van der Waals surface area contributed by atoms with Crippen LogP contribution in [0.15, 0.2) is 0 Å². The average Bonchev–Trinajstić information content (AvgIpc) is 2.29. The zero-order valence-corrected chi connectivity index (χ0v) is 12.1. The van der Waals surface area contributed by atoms with Crippen LogP contribution in [-0.2, 0) is 19.1 Å². The second-order valence-corrected chi connectivity index (χ2v) is 5.71. The van der Waals surface area contributed by atoms with E-state index in [1.807, 2.05) is 0 Å². The summed E-state index contributed by atoms with van der Waals surface area (Å²) in [6, 6.07) is -0.893. The molecule has 1 fully saturated rings. The minimum absolute atomic E-state index is 0.294. The fourth-order valence-electron chi connectivity index (χ4n) is 1.96. The summed E-state index contributed by atoms with van der Waals surface area (Å²) in [5.41, 5.74) is -0.662. The van der Waals surface area contributed by atoms with E-state index in [0.717, 1.165) is 4.90 Å². The third-order valence-corrected chi connectivity index (χ3v) is 2.89. The Morgan fingerprint density at radius 3 is 2.32 bits per heavy atom. The van der Waals surface area contributed by atoms with Gasteiger partial charge in [0.15, 0.2) is 0 Å². The highest BCUT2D eigenvalue weighted by atomic mass is 16.6. The van der Waals surface area contributed by atoms with E-state index in [0.29, 0.717) is 12.8 Å². The topological polar surface area (TPSA) is 72.9 Å². The molecule has 1 rings (SSSR count). The van der Waals surface area contributed by atoms with Crippen LogP contribution in [0.25, 0.3) is 0 Å². The molecule has 2 amide bonds. The van der Waals surface area contributed by atoms with Crippen LogP contribution in [0.1, 0.15) is 40.5 Å². The number of carbonyl (C=O) groups excluding carboxylic acids is 3. The van der Waals surface area contributed by atoms with E-state index >= 15 is 0 Å². The van der Waals surface area contributed by atoms with Crippen molar-refractivity contribution in [2.75, 3.05) is 7.11 Å². The first kappa shape index (κ1) is 15.5. The van der Waals surface area contributed by atoms with E-state index in [9.17, 15) is 14.4 Å². The summed E-state index contributed by atoms with van der Waals surface area (Å²) in [5.74, 6) is -1.26. The number of hydrogen-bond donors (Lipinski definition) is 0. The fraction of sp³-hybridized carbons (Fsp3) is 0.769. The summed E-state index contributed by atoms with van der Waals surface area (Å²) in [5, 5.41) is 0. The van der Waals surface area contributed by atoms with E-state index < -0.39 is 29.6 Å². The van der Waals surface area contributed by atoms with Gasteiger partial charge in [-0.2, -0.15) is 0 Å². The second kappa shape index (κ2) is 5.59. The lowest BCUT2D eigenvalue weighted by atomic mass is 9.93. The lowest BCUT2D eigenvalue weighted by Crippen LogP contribution is -2.55. The Morgan fingerprint density at radius 1 is 1.26 bits per heavy atom. The Kier molecular flexibility index (Phi) is 4.55. The molecule has 0 aromatic rings. The Hall–Kier alpha value is -1.59. The second-order valence-electron chi connectivity index (χ2n) is 5.71. The SMILES string of the molecule is COC(=O)N1C(=O)[C@H](C)CC[C@H]1C(=O)OC(C)(C)C. The van der Waals surface area contributed by atoms with Gasteiger partial charge in [0.2, 0.25) is 5.91 Å². The Labute approximate surface area is 113 Å². The van der Waals surface area contributed by atoms with Gasteiger partial charge in [-0.05, 0) is 33.6 Å². The van der Waals surface area contributed by atoms with Gasteiger partial charge < -0.3 is 9.47 Å². The van der Waals surface area contributed by atoms with Gasteiger partial charge in [0.05, 0.1) is 7.11 Å². The van der Waals surface area contributed by atoms with Crippen molar-refractivity contribution >= 4 is 18.0 Å². The summed E-state index contributed by atoms with van der Waals surface area (Å²) in [4.78, 5) is 36.7. The lowest BCUT2D eigenvalue weighted by molar-refractivity contribution is -0.166. The fourth-order valence-corrected chi connectivity index (χ4v) is 1.96. The van der Waals surface area contributed by atoms with Crippen LogP contribution in [0, 0.1) is 5.92 Å². The molecule has 0 aromatic heterocycles. The van der Waals surface area contributed by atoms with Crippen molar-refractivity contribution < 1.29 is 23.9 Å². The number of esters is 1. The lowest BCUT2D eigenvalue weighted by Gasteiger charge is -2.35. The number of imide groups is 1. The van der Waals surface area contributed by atoms with Gasteiger partial charge in [0.1, 0.15) is 11.6 Å². The number of rotatable bonds is 1. The summed E-state index contributed by atoms with van der Waals surface area (Å²) >= 11 is 0. The van der Waals surface area contributed by atoms with Crippen LogP contribution in [0.4, 0.5) is 4.79 Å². The molecule has 0 N–H and O–H groups in total. The Morgan fingerprint density at radius 2 is 1.84 bits per heavy atom. The highest BCUT2D eigenvalue weighted by Gasteiger charge is 2.43. The molecule has 108 valence electrons. The number of methoxy groups -OCH3 is 1. The molecule has 6 heteroatoms. The monoisotopic (exact) mass is 271 g/mol. The normalized spacial score (nSPS) is 24.1. The molecular formula is C13H21NO5. The molecule has 6 nitrogen and oxygen atoms in total. The predicted octanol–water partition coefficient (Wildman–Crippen LogP) is 1.72. The minimum atomic E-state index is -0.893. The molecule has 0 aliphatic carbocycles. The number of amides is 2. The molecule has 2 atom stereocenters. The van der Waals surface area contributed by atoms with Crippen LogP contribution < -0.4 is 0 Å². The first-order chi connectivity index (χ1) is 8.67. The molecule has 0 aromatic carbocycles. The summed E-state index contributed by atoms with van der Waals surface area (Å²) in [6.07, 6.45) is 0.139. The third kappa shape index (κ3) is 3.68. The quantitative estimate of drug-likeness (QED) is 0.679. The van der Waals surface area contributed by atoms with Gasteiger partial charge in [-0.1, -0.05) is 6.92 Å². The average molecular weight is 271 g/mol.